The van der Waals surface area contributed by atoms with Gasteiger partial charge in [0.05, 0.1) is 6.54 Å². The molecule has 3 saturated heterocycles. The van der Waals surface area contributed by atoms with Crippen LogP contribution in [0, 0.1) is 0 Å². The van der Waals surface area contributed by atoms with E-state index in [4.69, 9.17) is 0 Å². The van der Waals surface area contributed by atoms with Crippen molar-refractivity contribution in [2.24, 2.45) is 0 Å². The van der Waals surface area contributed by atoms with Gasteiger partial charge in [-0.3, -0.25) is 9.59 Å². The number of carboxylic acid groups (broad SMARTS) is 1. The monoisotopic (exact) mass is 385 g/mol. The van der Waals surface area contributed by atoms with Crippen LogP contribution in [0.1, 0.15) is 13.8 Å². The molecule has 11 nitrogen and oxygen atoms in total. The normalized spacial score (nSPS) is 28.9. The van der Waals surface area contributed by atoms with Gasteiger partial charge in [0.15, 0.2) is 0 Å². The number of hydrogen-bond acceptors (Lipinski definition) is 6. The highest BCUT2D eigenvalue weighted by molar-refractivity contribution is 8.01. The van der Waals surface area contributed by atoms with E-state index in [1.165, 1.54) is 16.7 Å². The number of hydrogen-bond donors (Lipinski definition) is 4. The first-order valence-corrected chi connectivity index (χ1v) is 8.87. The fraction of sp³-hybridized carbons (Fsp3) is 0.643. The van der Waals surface area contributed by atoms with Crippen molar-refractivity contribution in [3.05, 3.63) is 0 Å². The number of rotatable bonds is 4. The van der Waals surface area contributed by atoms with Crippen LogP contribution in [0.2, 0.25) is 0 Å². The molecule has 0 aromatic carbocycles. The maximum atomic E-state index is 12.3. The molecule has 3 heterocycles. The number of carbonyl (C=O) groups is 5. The zero-order chi connectivity index (χ0) is 19.2. The van der Waals surface area contributed by atoms with E-state index in [0.717, 1.165) is 4.90 Å². The van der Waals surface area contributed by atoms with Crippen molar-refractivity contribution in [3.63, 3.8) is 0 Å². The Morgan fingerprint density at radius 1 is 1.35 bits per heavy atom. The van der Waals surface area contributed by atoms with E-state index in [1.54, 1.807) is 13.8 Å². The fourth-order valence-electron chi connectivity index (χ4n) is 3.29. The van der Waals surface area contributed by atoms with Crippen LogP contribution in [0.4, 0.5) is 9.59 Å². The lowest BCUT2D eigenvalue weighted by atomic mass is 9.96. The number of nitrogens with one attached hydrogen (secondary N) is 3. The maximum Gasteiger partial charge on any atom is 0.327 e. The standard InChI is InChI=1S/C14H19N5O6S/c1-14(2)8(11(22)23)19-9(21)7(10(19)26-14)17-6(20)5-16-13(25)18-4-3-15-12(18)24/h7-8,10H,3-5H2,1-2H3,(H,15,24)(H,16,25)(H,17,20)(H,22,23)/t7-,8+,10-/m1/s1. The van der Waals surface area contributed by atoms with Crippen LogP contribution in [0.5, 0.6) is 0 Å². The Kier molecular flexibility index (Phi) is 4.46. The third-order valence-corrected chi connectivity index (χ3v) is 6.07. The van der Waals surface area contributed by atoms with Crippen LogP contribution >= 0.6 is 11.8 Å². The molecule has 4 N–H and O–H groups in total. The first-order chi connectivity index (χ1) is 12.1. The third-order valence-electron chi connectivity index (χ3n) is 4.49. The molecule has 3 aliphatic rings. The molecule has 26 heavy (non-hydrogen) atoms. The number of nitrogens with zero attached hydrogens (tertiary/aromatic N) is 2. The summed E-state index contributed by atoms with van der Waals surface area (Å²) in [6, 6.07) is -3.01. The highest BCUT2D eigenvalue weighted by Crippen LogP contribution is 2.50. The Balaban J connectivity index is 1.53. The molecule has 0 aromatic heterocycles. The molecule has 3 rings (SSSR count). The predicted molar refractivity (Wildman–Crippen MR) is 89.2 cm³/mol. The van der Waals surface area contributed by atoms with Crippen molar-refractivity contribution < 1.29 is 29.1 Å². The molecule has 0 aromatic rings. The average Bonchev–Trinajstić information content (AvgIpc) is 3.09. The van der Waals surface area contributed by atoms with Crippen molar-refractivity contribution in [1.82, 2.24) is 25.8 Å². The van der Waals surface area contributed by atoms with E-state index in [9.17, 15) is 29.1 Å². The predicted octanol–water partition coefficient (Wildman–Crippen LogP) is -1.65. The van der Waals surface area contributed by atoms with Gasteiger partial charge in [-0.25, -0.2) is 19.3 Å². The van der Waals surface area contributed by atoms with Gasteiger partial charge in [-0.15, -0.1) is 11.8 Å². The number of carboxylic acids is 1. The highest BCUT2D eigenvalue weighted by Gasteiger charge is 2.64. The fourth-order valence-corrected chi connectivity index (χ4v) is 4.91. The first kappa shape index (κ1) is 18.3. The maximum absolute atomic E-state index is 12.3. The van der Waals surface area contributed by atoms with Crippen LogP contribution < -0.4 is 16.0 Å². The zero-order valence-electron chi connectivity index (χ0n) is 14.1. The molecule has 0 unspecified atom stereocenters. The van der Waals surface area contributed by atoms with Crippen molar-refractivity contribution in [2.75, 3.05) is 19.6 Å². The van der Waals surface area contributed by atoms with Gasteiger partial charge in [0.2, 0.25) is 11.8 Å². The number of urea groups is 2. The van der Waals surface area contributed by atoms with Crippen LogP contribution in [-0.2, 0) is 14.4 Å². The summed E-state index contributed by atoms with van der Waals surface area (Å²) in [5.41, 5.74) is 0. The zero-order valence-corrected chi connectivity index (χ0v) is 15.0. The van der Waals surface area contributed by atoms with Crippen LogP contribution in [0.3, 0.4) is 0 Å². The molecular formula is C14H19N5O6S. The van der Waals surface area contributed by atoms with E-state index in [2.05, 4.69) is 16.0 Å². The Morgan fingerprint density at radius 3 is 2.62 bits per heavy atom. The summed E-state index contributed by atoms with van der Waals surface area (Å²) in [6.45, 7) is 3.65. The van der Waals surface area contributed by atoms with Gasteiger partial charge in [0.1, 0.15) is 17.5 Å². The molecule has 0 spiro atoms. The summed E-state index contributed by atoms with van der Waals surface area (Å²) < 4.78 is -0.678. The number of carbonyl (C=O) groups excluding carboxylic acids is 4. The Labute approximate surface area is 152 Å². The minimum atomic E-state index is -1.08. The molecule has 0 saturated carbocycles. The number of fused-ring (bicyclic) bond motifs is 1. The van der Waals surface area contributed by atoms with Gasteiger partial charge >= 0.3 is 18.0 Å². The second kappa shape index (κ2) is 6.34. The first-order valence-electron chi connectivity index (χ1n) is 7.99. The van der Waals surface area contributed by atoms with Crippen LogP contribution in [0.25, 0.3) is 0 Å². The molecule has 6 amide bonds. The van der Waals surface area contributed by atoms with E-state index < -0.39 is 58.6 Å². The average molecular weight is 385 g/mol. The molecule has 142 valence electrons. The minimum absolute atomic E-state index is 0.215. The third kappa shape index (κ3) is 2.93. The summed E-state index contributed by atoms with van der Waals surface area (Å²) in [5.74, 6) is -2.13. The second-order valence-electron chi connectivity index (χ2n) is 6.69. The van der Waals surface area contributed by atoms with Crippen molar-refractivity contribution in [2.45, 2.75) is 36.1 Å². The minimum Gasteiger partial charge on any atom is -0.480 e. The Hall–Kier alpha value is -2.50. The molecule has 3 fully saturated rings. The lowest BCUT2D eigenvalue weighted by Crippen LogP contribution is -2.71. The Bertz CT molecular complexity index is 697. The number of β-lactam (4-membered cyclic amide) rings is 1. The van der Waals surface area contributed by atoms with Gasteiger partial charge in [0.25, 0.3) is 0 Å². The van der Waals surface area contributed by atoms with Crippen molar-refractivity contribution in [3.8, 4) is 0 Å². The highest BCUT2D eigenvalue weighted by atomic mass is 32.2. The van der Waals surface area contributed by atoms with Gasteiger partial charge in [-0.1, -0.05) is 0 Å². The van der Waals surface area contributed by atoms with E-state index in [1.807, 2.05) is 0 Å². The number of imide groups is 1. The molecule has 3 atom stereocenters. The molecule has 3 aliphatic heterocycles. The van der Waals surface area contributed by atoms with Crippen molar-refractivity contribution >= 4 is 41.6 Å². The molecule has 0 aliphatic carbocycles. The van der Waals surface area contributed by atoms with Gasteiger partial charge < -0.3 is 26.0 Å². The second-order valence-corrected chi connectivity index (χ2v) is 8.46. The van der Waals surface area contributed by atoms with Gasteiger partial charge in [0, 0.05) is 17.8 Å². The summed E-state index contributed by atoms with van der Waals surface area (Å²) in [5, 5.41) is 16.2. The van der Waals surface area contributed by atoms with E-state index >= 15 is 0 Å². The lowest BCUT2D eigenvalue weighted by Gasteiger charge is -2.43. The summed E-state index contributed by atoms with van der Waals surface area (Å²) in [7, 11) is 0. The number of amides is 6. The lowest BCUT2D eigenvalue weighted by molar-refractivity contribution is -0.161. The van der Waals surface area contributed by atoms with Crippen LogP contribution in [-0.4, -0.2) is 86.6 Å². The number of aliphatic carboxylic acids is 1. The number of thioether (sulfide) groups is 1. The summed E-state index contributed by atoms with van der Waals surface area (Å²) in [6.07, 6.45) is 0. The van der Waals surface area contributed by atoms with Gasteiger partial charge in [-0.2, -0.15) is 0 Å². The van der Waals surface area contributed by atoms with E-state index in [0.29, 0.717) is 6.54 Å². The molecule has 0 bridgehead atoms. The molecule has 12 heteroatoms. The molecular weight excluding hydrogens is 366 g/mol. The van der Waals surface area contributed by atoms with Crippen LogP contribution in [0.15, 0.2) is 0 Å². The molecule has 0 radical (unpaired) electrons. The Morgan fingerprint density at radius 2 is 2.04 bits per heavy atom. The largest absolute Gasteiger partial charge is 0.480 e. The van der Waals surface area contributed by atoms with Crippen molar-refractivity contribution in [1.29, 1.82) is 0 Å². The van der Waals surface area contributed by atoms with E-state index in [-0.39, 0.29) is 6.54 Å². The smallest absolute Gasteiger partial charge is 0.327 e. The topological polar surface area (TPSA) is 148 Å². The van der Waals surface area contributed by atoms with Gasteiger partial charge in [-0.05, 0) is 13.8 Å². The quantitative estimate of drug-likeness (QED) is 0.424. The summed E-state index contributed by atoms with van der Waals surface area (Å²) in [4.78, 5) is 61.1. The summed E-state index contributed by atoms with van der Waals surface area (Å²) >= 11 is 1.31. The SMILES string of the molecule is CC1(C)S[C@@H]2[C@H](NC(=O)CNC(=O)N3CCNC3=O)C(=O)N2[C@H]1C(=O)O.